The third-order valence-electron chi connectivity index (χ3n) is 14.3. The number of ketones is 1. The molecule has 3 N–H and O–H groups in total. The molecule has 1 aromatic carbocycles. The molecule has 2 heterocycles. The Morgan fingerprint density at radius 1 is 1.00 bits per heavy atom. The first kappa shape index (κ1) is 35.2. The molecule has 0 amide bonds. The number of allylic oxidation sites excluding steroid dienone is 4. The molecule has 9 rings (SSSR count). The second kappa shape index (κ2) is 13.2. The van der Waals surface area contributed by atoms with E-state index in [1.807, 2.05) is 30.3 Å². The number of hydrogen-bond acceptors (Lipinski definition) is 8. The Hall–Kier alpha value is -2.85. The van der Waals surface area contributed by atoms with E-state index < -0.39 is 28.6 Å². The van der Waals surface area contributed by atoms with E-state index in [-0.39, 0.29) is 35.1 Å². The van der Waals surface area contributed by atoms with Crippen molar-refractivity contribution in [2.45, 2.75) is 89.6 Å². The third-order valence-corrected chi connectivity index (χ3v) is 15.3. The van der Waals surface area contributed by atoms with Crippen LogP contribution in [0, 0.1) is 33.5 Å². The van der Waals surface area contributed by atoms with Crippen LogP contribution in [0.2, 0.25) is 0 Å². The monoisotopic (exact) mass is 711 g/mol. The summed E-state index contributed by atoms with van der Waals surface area (Å²) in [7, 11) is 0. The first-order valence-electron chi connectivity index (χ1n) is 19.0. The number of benzene rings is 1. The van der Waals surface area contributed by atoms with Crippen molar-refractivity contribution in [3.8, 4) is 0 Å². The van der Waals surface area contributed by atoms with Crippen LogP contribution in [0.15, 0.2) is 94.5 Å². The Bertz CT molecular complexity index is 1760. The van der Waals surface area contributed by atoms with Crippen molar-refractivity contribution in [3.05, 3.63) is 106 Å². The minimum absolute atomic E-state index is 0.0513. The van der Waals surface area contributed by atoms with Gasteiger partial charge in [-0.3, -0.25) is 9.69 Å². The molecule has 3 aromatic rings. The number of fused-ring (bicyclic) bond motifs is 1. The Balaban J connectivity index is 1.09. The largest absolute Gasteiger partial charge is 0.461 e. The minimum Gasteiger partial charge on any atom is -0.461 e. The van der Waals surface area contributed by atoms with Gasteiger partial charge in [-0.25, -0.2) is 0 Å². The van der Waals surface area contributed by atoms with Gasteiger partial charge in [0.15, 0.2) is 5.76 Å². The molecule has 272 valence electrons. The van der Waals surface area contributed by atoms with Crippen LogP contribution >= 0.6 is 11.3 Å². The molecule has 7 nitrogen and oxygen atoms in total. The van der Waals surface area contributed by atoms with Gasteiger partial charge in [0, 0.05) is 46.3 Å². The molecule has 9 atom stereocenters. The van der Waals surface area contributed by atoms with Crippen LogP contribution in [0.1, 0.15) is 79.8 Å². The summed E-state index contributed by atoms with van der Waals surface area (Å²) in [6, 6.07) is 17.8. The molecule has 0 radical (unpaired) electrons. The third kappa shape index (κ3) is 5.67. The van der Waals surface area contributed by atoms with Gasteiger partial charge in [-0.05, 0) is 97.8 Å². The van der Waals surface area contributed by atoms with E-state index in [2.05, 4.69) is 54.5 Å². The summed E-state index contributed by atoms with van der Waals surface area (Å²) in [5.74, 6) is 0.566. The molecule has 3 fully saturated rings. The number of ether oxygens (including phenoxy) is 1. The maximum Gasteiger partial charge on any atom is 0.224 e. The number of hydrogen-bond donors (Lipinski definition) is 3. The summed E-state index contributed by atoms with van der Waals surface area (Å²) in [5.41, 5.74) is -0.610. The van der Waals surface area contributed by atoms with Gasteiger partial charge in [0.2, 0.25) is 5.78 Å². The highest BCUT2D eigenvalue weighted by atomic mass is 32.1. The Morgan fingerprint density at radius 2 is 1.78 bits per heavy atom. The predicted molar refractivity (Wildman–Crippen MR) is 198 cm³/mol. The van der Waals surface area contributed by atoms with Crippen molar-refractivity contribution >= 4 is 17.1 Å². The number of aliphatic hydroxyl groups is 3. The molecule has 0 saturated heterocycles. The molecule has 2 aromatic heterocycles. The first-order valence-corrected chi connectivity index (χ1v) is 19.9. The number of Topliss-reactive ketones (excluding diaryl/α,β-unsaturated/α-hetero) is 1. The molecule has 6 aliphatic rings. The fourth-order valence-corrected chi connectivity index (χ4v) is 12.4. The van der Waals surface area contributed by atoms with Gasteiger partial charge in [0.25, 0.3) is 0 Å². The van der Waals surface area contributed by atoms with Crippen molar-refractivity contribution in [1.29, 1.82) is 0 Å². The molecule has 0 aliphatic heterocycles. The Labute approximate surface area is 306 Å². The fourth-order valence-electron chi connectivity index (χ4n) is 11.7. The maximum absolute atomic E-state index is 14.5. The lowest BCUT2D eigenvalue weighted by Crippen LogP contribution is -2.67. The zero-order valence-corrected chi connectivity index (χ0v) is 30.8. The van der Waals surface area contributed by atoms with Crippen LogP contribution in [0.5, 0.6) is 0 Å². The molecular formula is C43H53NO6S. The smallest absolute Gasteiger partial charge is 0.224 e. The lowest BCUT2D eigenvalue weighted by Gasteiger charge is -2.71. The second-order valence-electron chi connectivity index (χ2n) is 16.8. The normalized spacial score (nSPS) is 37.1. The molecule has 3 saturated carbocycles. The van der Waals surface area contributed by atoms with Gasteiger partial charge < -0.3 is 24.5 Å². The zero-order chi connectivity index (χ0) is 35.5. The van der Waals surface area contributed by atoms with Crippen molar-refractivity contribution < 1.29 is 29.3 Å². The van der Waals surface area contributed by atoms with Gasteiger partial charge in [0.1, 0.15) is 0 Å². The molecular weight excluding hydrogens is 659 g/mol. The zero-order valence-electron chi connectivity index (χ0n) is 30.0. The quantitative estimate of drug-likeness (QED) is 0.127. The summed E-state index contributed by atoms with van der Waals surface area (Å²) < 4.78 is 11.7. The SMILES string of the molecule is CC12CCC(O)CC13C=CC1(C(C(=O)c4ccco4)=C3)C2CCC2(C)C1CCC2(O)CN(CCc1cccs1)CC(O)COCc1ccccc1. The van der Waals surface area contributed by atoms with Crippen LogP contribution in [-0.4, -0.2) is 70.1 Å². The number of aliphatic hydroxyl groups excluding tert-OH is 2. The van der Waals surface area contributed by atoms with Crippen molar-refractivity contribution in [2.75, 3.05) is 26.2 Å². The van der Waals surface area contributed by atoms with Gasteiger partial charge in [0.05, 0.1) is 37.3 Å². The van der Waals surface area contributed by atoms with Crippen molar-refractivity contribution in [2.24, 2.45) is 33.5 Å². The van der Waals surface area contributed by atoms with E-state index in [1.165, 1.54) is 4.88 Å². The number of nitrogens with zero attached hydrogens (tertiary/aromatic N) is 1. The Kier molecular flexibility index (Phi) is 9.12. The Morgan fingerprint density at radius 3 is 2.55 bits per heavy atom. The van der Waals surface area contributed by atoms with E-state index >= 15 is 0 Å². The average molecular weight is 712 g/mol. The van der Waals surface area contributed by atoms with Crippen LogP contribution in [0.3, 0.4) is 0 Å². The number of thiophene rings is 1. The second-order valence-corrected chi connectivity index (χ2v) is 17.9. The minimum atomic E-state index is -1.01. The standard InChI is InChI=1S/C43H53NO6S/c1-39-16-12-31(45)24-41(39)19-20-43(34(25-41)38(47)35-11-6-22-50-35)36(39)13-17-40(2)37(43)14-18-42(40,48)29-44(21-15-33-10-7-23-51-33)26-32(46)28-49-27-30-8-4-3-5-9-30/h3-11,19-20,22-23,25,31-32,36-37,45-46,48H,12-18,21,24,26-29H2,1-2H3. The van der Waals surface area contributed by atoms with Crippen LogP contribution in [0.25, 0.3) is 0 Å². The lowest BCUT2D eigenvalue weighted by atomic mass is 9.32. The first-order chi connectivity index (χ1) is 24.5. The number of rotatable bonds is 13. The van der Waals surface area contributed by atoms with Gasteiger partial charge in [-0.15, -0.1) is 11.3 Å². The molecule has 8 heteroatoms. The topological polar surface area (TPSA) is 103 Å². The molecule has 51 heavy (non-hydrogen) atoms. The van der Waals surface area contributed by atoms with Crippen molar-refractivity contribution in [3.63, 3.8) is 0 Å². The van der Waals surface area contributed by atoms with E-state index in [1.54, 1.807) is 29.7 Å². The number of furan rings is 1. The van der Waals surface area contributed by atoms with Crippen LogP contribution in [0.4, 0.5) is 0 Å². The molecule has 6 aliphatic carbocycles. The highest BCUT2D eigenvalue weighted by Crippen LogP contribution is 2.78. The van der Waals surface area contributed by atoms with E-state index in [4.69, 9.17) is 9.15 Å². The summed E-state index contributed by atoms with van der Waals surface area (Å²) >= 11 is 1.74. The van der Waals surface area contributed by atoms with Gasteiger partial charge in [-0.1, -0.05) is 68.5 Å². The van der Waals surface area contributed by atoms with E-state index in [9.17, 15) is 20.1 Å². The molecule has 9 unspecified atom stereocenters. The van der Waals surface area contributed by atoms with Crippen LogP contribution < -0.4 is 0 Å². The highest BCUT2D eigenvalue weighted by molar-refractivity contribution is 7.09. The van der Waals surface area contributed by atoms with E-state index in [0.717, 1.165) is 56.2 Å². The lowest BCUT2D eigenvalue weighted by molar-refractivity contribution is -0.177. The number of carbonyl (C=O) groups excluding carboxylic acids is 1. The van der Waals surface area contributed by atoms with Gasteiger partial charge in [-0.2, -0.15) is 0 Å². The molecule has 2 spiro atoms. The predicted octanol–water partition coefficient (Wildman–Crippen LogP) is 7.24. The highest BCUT2D eigenvalue weighted by Gasteiger charge is 2.74. The summed E-state index contributed by atoms with van der Waals surface area (Å²) in [4.78, 5) is 18.1. The van der Waals surface area contributed by atoms with Crippen LogP contribution in [-0.2, 0) is 17.8 Å². The summed E-state index contributed by atoms with van der Waals surface area (Å²) in [6.07, 6.45) is 13.8. The fraction of sp³-hybridized carbons (Fsp3) is 0.558. The van der Waals surface area contributed by atoms with E-state index in [0.29, 0.717) is 38.3 Å². The maximum atomic E-state index is 14.5. The summed E-state index contributed by atoms with van der Waals surface area (Å²) in [5, 5.41) is 37.4. The van der Waals surface area contributed by atoms with Crippen molar-refractivity contribution in [1.82, 2.24) is 4.90 Å². The summed E-state index contributed by atoms with van der Waals surface area (Å²) in [6.45, 7) is 6.92. The molecule has 2 bridgehead atoms. The number of carbonyl (C=O) groups is 1. The van der Waals surface area contributed by atoms with Gasteiger partial charge >= 0.3 is 0 Å². The average Bonchev–Trinajstić information content (AvgIpc) is 3.90.